The average Bonchev–Trinajstić information content (AvgIpc) is 2.42. The van der Waals surface area contributed by atoms with E-state index in [-0.39, 0.29) is 6.04 Å². The molecule has 4 nitrogen and oxygen atoms in total. The number of sulfonamides is 1. The summed E-state index contributed by atoms with van der Waals surface area (Å²) >= 11 is 0. The molecule has 4 unspecified atom stereocenters. The standard InChI is InChI=1S/C15H30N2O2S/c1-12-10-13(2)14(3)17(11-12)20(18,19)9-7-15-6-4-5-8-16-15/h12-16H,4-11H2,1-3H3. The van der Waals surface area contributed by atoms with Crippen molar-refractivity contribution >= 4 is 10.0 Å². The van der Waals surface area contributed by atoms with Gasteiger partial charge in [0.1, 0.15) is 0 Å². The molecule has 0 aromatic rings. The molecule has 2 heterocycles. The Morgan fingerprint density at radius 1 is 1.20 bits per heavy atom. The van der Waals surface area contributed by atoms with Gasteiger partial charge in [0.05, 0.1) is 5.75 Å². The molecule has 2 saturated heterocycles. The smallest absolute Gasteiger partial charge is 0.214 e. The Balaban J connectivity index is 1.94. The lowest BCUT2D eigenvalue weighted by atomic mass is 9.88. The molecule has 0 saturated carbocycles. The highest BCUT2D eigenvalue weighted by Crippen LogP contribution is 2.29. The van der Waals surface area contributed by atoms with Crippen LogP contribution in [0, 0.1) is 11.8 Å². The van der Waals surface area contributed by atoms with Crippen LogP contribution in [0.5, 0.6) is 0 Å². The molecule has 20 heavy (non-hydrogen) atoms. The third-order valence-corrected chi connectivity index (χ3v) is 6.99. The van der Waals surface area contributed by atoms with Gasteiger partial charge in [-0.25, -0.2) is 8.42 Å². The molecule has 2 aliphatic heterocycles. The van der Waals surface area contributed by atoms with Gasteiger partial charge in [-0.2, -0.15) is 4.31 Å². The summed E-state index contributed by atoms with van der Waals surface area (Å²) in [6.07, 6.45) is 5.47. The van der Waals surface area contributed by atoms with Crippen molar-refractivity contribution in [3.63, 3.8) is 0 Å². The molecule has 2 fully saturated rings. The number of nitrogens with zero attached hydrogens (tertiary/aromatic N) is 1. The largest absolute Gasteiger partial charge is 0.314 e. The van der Waals surface area contributed by atoms with Crippen LogP contribution in [0.25, 0.3) is 0 Å². The van der Waals surface area contributed by atoms with Gasteiger partial charge < -0.3 is 5.32 Å². The van der Waals surface area contributed by atoms with Crippen LogP contribution < -0.4 is 5.32 Å². The lowest BCUT2D eigenvalue weighted by molar-refractivity contribution is 0.157. The molecular formula is C15H30N2O2S. The number of nitrogens with one attached hydrogen (secondary N) is 1. The van der Waals surface area contributed by atoms with Gasteiger partial charge in [0.2, 0.25) is 10.0 Å². The van der Waals surface area contributed by atoms with E-state index >= 15 is 0 Å². The molecule has 0 radical (unpaired) electrons. The summed E-state index contributed by atoms with van der Waals surface area (Å²) in [5, 5.41) is 3.44. The van der Waals surface area contributed by atoms with E-state index < -0.39 is 10.0 Å². The summed E-state index contributed by atoms with van der Waals surface area (Å²) in [6.45, 7) is 8.14. The van der Waals surface area contributed by atoms with Crippen LogP contribution in [0.4, 0.5) is 0 Å². The second kappa shape index (κ2) is 6.75. The van der Waals surface area contributed by atoms with Crippen LogP contribution in [0.3, 0.4) is 0 Å². The molecular weight excluding hydrogens is 272 g/mol. The fourth-order valence-electron chi connectivity index (χ4n) is 3.61. The minimum Gasteiger partial charge on any atom is -0.314 e. The molecule has 0 aliphatic carbocycles. The van der Waals surface area contributed by atoms with Crippen molar-refractivity contribution < 1.29 is 8.42 Å². The Morgan fingerprint density at radius 2 is 1.95 bits per heavy atom. The zero-order valence-corrected chi connectivity index (χ0v) is 14.0. The van der Waals surface area contributed by atoms with E-state index in [9.17, 15) is 8.42 Å². The maximum atomic E-state index is 12.6. The molecule has 5 heteroatoms. The van der Waals surface area contributed by atoms with Crippen molar-refractivity contribution in [1.82, 2.24) is 9.62 Å². The zero-order chi connectivity index (χ0) is 14.8. The monoisotopic (exact) mass is 302 g/mol. The highest BCUT2D eigenvalue weighted by Gasteiger charge is 2.36. The van der Waals surface area contributed by atoms with Crippen LogP contribution in [0.2, 0.25) is 0 Å². The van der Waals surface area contributed by atoms with E-state index in [1.807, 2.05) is 0 Å². The Hall–Kier alpha value is -0.130. The number of piperidine rings is 2. The molecule has 2 aliphatic rings. The average molecular weight is 302 g/mol. The minimum atomic E-state index is -3.10. The lowest BCUT2D eigenvalue weighted by Crippen LogP contribution is -2.50. The highest BCUT2D eigenvalue weighted by molar-refractivity contribution is 7.89. The molecule has 0 bridgehead atoms. The Labute approximate surface area is 124 Å². The quantitative estimate of drug-likeness (QED) is 0.866. The van der Waals surface area contributed by atoms with Crippen LogP contribution in [0.15, 0.2) is 0 Å². The van der Waals surface area contributed by atoms with Gasteiger partial charge >= 0.3 is 0 Å². The van der Waals surface area contributed by atoms with E-state index in [1.165, 1.54) is 12.8 Å². The summed E-state index contributed by atoms with van der Waals surface area (Å²) in [5.74, 6) is 1.24. The molecule has 118 valence electrons. The number of rotatable bonds is 4. The molecule has 1 N–H and O–H groups in total. The van der Waals surface area contributed by atoms with Gasteiger partial charge in [0.15, 0.2) is 0 Å². The van der Waals surface area contributed by atoms with E-state index in [2.05, 4.69) is 26.1 Å². The van der Waals surface area contributed by atoms with Gasteiger partial charge in [0, 0.05) is 18.6 Å². The van der Waals surface area contributed by atoms with Gasteiger partial charge in [0.25, 0.3) is 0 Å². The normalized spacial score (nSPS) is 37.0. The van der Waals surface area contributed by atoms with Crippen LogP contribution in [0.1, 0.15) is 52.9 Å². The van der Waals surface area contributed by atoms with Crippen LogP contribution in [-0.2, 0) is 10.0 Å². The second-order valence-electron chi connectivity index (χ2n) is 6.88. The fraction of sp³-hybridized carbons (Fsp3) is 1.00. The topological polar surface area (TPSA) is 49.4 Å². The van der Waals surface area contributed by atoms with Crippen LogP contribution in [-0.4, -0.2) is 43.6 Å². The second-order valence-corrected chi connectivity index (χ2v) is 8.92. The third-order valence-electron chi connectivity index (χ3n) is 5.04. The number of hydrogen-bond donors (Lipinski definition) is 1. The molecule has 0 spiro atoms. The minimum absolute atomic E-state index is 0.149. The van der Waals surface area contributed by atoms with Crippen molar-refractivity contribution in [3.8, 4) is 0 Å². The first kappa shape index (κ1) is 16.2. The number of hydrogen-bond acceptors (Lipinski definition) is 3. The summed E-state index contributed by atoms with van der Waals surface area (Å²) < 4.78 is 27.0. The summed E-state index contributed by atoms with van der Waals surface area (Å²) in [4.78, 5) is 0. The fourth-order valence-corrected chi connectivity index (χ4v) is 5.62. The van der Waals surface area contributed by atoms with E-state index in [0.717, 1.165) is 25.8 Å². The van der Waals surface area contributed by atoms with Gasteiger partial charge in [-0.1, -0.05) is 20.3 Å². The van der Waals surface area contributed by atoms with Gasteiger partial charge in [-0.05, 0) is 51.0 Å². The predicted molar refractivity (Wildman–Crippen MR) is 83.2 cm³/mol. The Morgan fingerprint density at radius 3 is 2.60 bits per heavy atom. The molecule has 0 aromatic carbocycles. The molecule has 0 aromatic heterocycles. The van der Waals surface area contributed by atoms with E-state index in [0.29, 0.717) is 30.2 Å². The first-order chi connectivity index (χ1) is 9.40. The maximum Gasteiger partial charge on any atom is 0.214 e. The SMILES string of the molecule is CC1CC(C)C(C)N(S(=O)(=O)CCC2CCCCN2)C1. The van der Waals surface area contributed by atoms with Crippen LogP contribution >= 0.6 is 0 Å². The third kappa shape index (κ3) is 3.95. The lowest BCUT2D eigenvalue weighted by Gasteiger charge is -2.40. The highest BCUT2D eigenvalue weighted by atomic mass is 32.2. The Kier molecular flexibility index (Phi) is 5.49. The predicted octanol–water partition coefficient (Wildman–Crippen LogP) is 2.21. The van der Waals surface area contributed by atoms with Gasteiger partial charge in [-0.3, -0.25) is 0 Å². The summed E-state index contributed by atoms with van der Waals surface area (Å²) in [6, 6.07) is 0.545. The van der Waals surface area contributed by atoms with Crippen molar-refractivity contribution in [3.05, 3.63) is 0 Å². The molecule has 4 atom stereocenters. The Bertz CT molecular complexity index is 404. The van der Waals surface area contributed by atoms with E-state index in [4.69, 9.17) is 0 Å². The van der Waals surface area contributed by atoms with Crippen molar-refractivity contribution in [2.75, 3.05) is 18.8 Å². The van der Waals surface area contributed by atoms with Crippen molar-refractivity contribution in [2.45, 2.75) is 65.0 Å². The summed E-state index contributed by atoms with van der Waals surface area (Å²) in [5.41, 5.74) is 0. The van der Waals surface area contributed by atoms with Crippen molar-refractivity contribution in [2.24, 2.45) is 11.8 Å². The first-order valence-corrected chi connectivity index (χ1v) is 9.74. The van der Waals surface area contributed by atoms with E-state index in [1.54, 1.807) is 4.31 Å². The van der Waals surface area contributed by atoms with Gasteiger partial charge in [-0.15, -0.1) is 0 Å². The first-order valence-electron chi connectivity index (χ1n) is 8.13. The van der Waals surface area contributed by atoms with Crippen molar-refractivity contribution in [1.29, 1.82) is 0 Å². The summed E-state index contributed by atoms with van der Waals surface area (Å²) in [7, 11) is -3.10. The molecule has 2 rings (SSSR count). The zero-order valence-electron chi connectivity index (χ0n) is 13.1. The maximum absolute atomic E-state index is 12.6. The molecule has 0 amide bonds.